The van der Waals surface area contributed by atoms with Crippen molar-refractivity contribution in [3.63, 3.8) is 0 Å². The Morgan fingerprint density at radius 2 is 1.81 bits per heavy atom. The maximum atomic E-state index is 13.2. The summed E-state index contributed by atoms with van der Waals surface area (Å²) in [6, 6.07) is 14.4. The fraction of sp³-hybridized carbons (Fsp3) is 0.435. The number of carbonyl (C=O) groups excluding carboxylic acids is 1. The van der Waals surface area contributed by atoms with E-state index >= 15 is 0 Å². The summed E-state index contributed by atoms with van der Waals surface area (Å²) in [5, 5.41) is 2.95. The minimum atomic E-state index is -3.85. The lowest BCUT2D eigenvalue weighted by atomic mass is 10.2. The second kappa shape index (κ2) is 10.8. The number of sulfonamides is 1. The monoisotopic (exact) mass is 479 g/mol. The molecule has 2 atom stereocenters. The van der Waals surface area contributed by atoms with Crippen LogP contribution in [-0.2, 0) is 21.3 Å². The van der Waals surface area contributed by atoms with E-state index in [1.807, 2.05) is 39.1 Å². The molecule has 0 bridgehead atoms. The summed E-state index contributed by atoms with van der Waals surface area (Å²) in [6.45, 7) is 6.02. The summed E-state index contributed by atoms with van der Waals surface area (Å²) in [7, 11) is -1.87. The highest BCUT2D eigenvalue weighted by Gasteiger charge is 2.33. The Morgan fingerprint density at radius 3 is 2.47 bits per heavy atom. The maximum Gasteiger partial charge on any atom is 0.251 e. The first-order valence-electron chi connectivity index (χ1n) is 10.6. The molecule has 1 amide bonds. The number of amides is 1. The molecule has 1 saturated heterocycles. The third-order valence-electron chi connectivity index (χ3n) is 5.27. The van der Waals surface area contributed by atoms with Gasteiger partial charge in [0.15, 0.2) is 0 Å². The smallest absolute Gasteiger partial charge is 0.251 e. The van der Waals surface area contributed by atoms with E-state index in [0.717, 1.165) is 6.54 Å². The SMILES string of the molecule is CC1CN(S(=O)(=O)c2cc(C(=O)NCCN(C)Cc3ccccc3)ccc2Cl)CC(C)O1. The van der Waals surface area contributed by atoms with Crippen LogP contribution in [0.4, 0.5) is 0 Å². The van der Waals surface area contributed by atoms with Gasteiger partial charge in [-0.05, 0) is 44.7 Å². The second-order valence-electron chi connectivity index (χ2n) is 8.20. The van der Waals surface area contributed by atoms with Gasteiger partial charge in [-0.25, -0.2) is 8.42 Å². The van der Waals surface area contributed by atoms with Crippen LogP contribution in [0, 0.1) is 0 Å². The molecule has 7 nitrogen and oxygen atoms in total. The lowest BCUT2D eigenvalue weighted by molar-refractivity contribution is -0.0440. The van der Waals surface area contributed by atoms with Crippen LogP contribution >= 0.6 is 11.6 Å². The van der Waals surface area contributed by atoms with Gasteiger partial charge in [0.1, 0.15) is 4.90 Å². The zero-order valence-electron chi connectivity index (χ0n) is 18.6. The summed E-state index contributed by atoms with van der Waals surface area (Å²) in [5.74, 6) is -0.338. The molecule has 9 heteroatoms. The lowest BCUT2D eigenvalue weighted by Crippen LogP contribution is -2.48. The molecule has 32 heavy (non-hydrogen) atoms. The van der Waals surface area contributed by atoms with Crippen LogP contribution in [0.3, 0.4) is 0 Å². The molecular weight excluding hydrogens is 450 g/mol. The largest absolute Gasteiger partial charge is 0.373 e. The maximum absolute atomic E-state index is 13.2. The van der Waals surface area contributed by atoms with Crippen molar-refractivity contribution in [1.29, 1.82) is 0 Å². The van der Waals surface area contributed by atoms with Crippen LogP contribution in [0.1, 0.15) is 29.8 Å². The van der Waals surface area contributed by atoms with Gasteiger partial charge in [0, 0.05) is 38.3 Å². The van der Waals surface area contributed by atoms with Crippen molar-refractivity contribution in [3.8, 4) is 0 Å². The molecule has 1 aliphatic heterocycles. The standard InChI is InChI=1S/C23H30ClN3O4S/c1-17-14-27(15-18(2)31-17)32(29,30)22-13-20(9-10-21(22)24)23(28)25-11-12-26(3)16-19-7-5-4-6-8-19/h4-10,13,17-18H,11-12,14-16H2,1-3H3,(H,25,28). The van der Waals surface area contributed by atoms with Crippen molar-refractivity contribution >= 4 is 27.5 Å². The second-order valence-corrected chi connectivity index (χ2v) is 10.5. The van der Waals surface area contributed by atoms with Crippen LogP contribution in [0.25, 0.3) is 0 Å². The van der Waals surface area contributed by atoms with E-state index in [1.54, 1.807) is 0 Å². The molecule has 174 valence electrons. The average Bonchev–Trinajstić information content (AvgIpc) is 2.74. The van der Waals surface area contributed by atoms with Crippen molar-refractivity contribution in [1.82, 2.24) is 14.5 Å². The highest BCUT2D eigenvalue weighted by Crippen LogP contribution is 2.28. The van der Waals surface area contributed by atoms with E-state index in [2.05, 4.69) is 22.3 Å². The van der Waals surface area contributed by atoms with Crippen LogP contribution in [0.5, 0.6) is 0 Å². The molecule has 0 saturated carbocycles. The molecule has 0 aromatic heterocycles. The molecule has 2 aromatic carbocycles. The van der Waals surface area contributed by atoms with E-state index in [9.17, 15) is 13.2 Å². The topological polar surface area (TPSA) is 79.0 Å². The summed E-state index contributed by atoms with van der Waals surface area (Å²) in [5.41, 5.74) is 1.45. The molecule has 3 rings (SSSR count). The van der Waals surface area contributed by atoms with Gasteiger partial charge in [-0.1, -0.05) is 41.9 Å². The molecule has 1 aliphatic rings. The number of benzene rings is 2. The highest BCUT2D eigenvalue weighted by molar-refractivity contribution is 7.89. The van der Waals surface area contributed by atoms with Gasteiger partial charge in [0.05, 0.1) is 17.2 Å². The summed E-state index contributed by atoms with van der Waals surface area (Å²) >= 11 is 6.22. The number of halogens is 1. The molecular formula is C23H30ClN3O4S. The Kier molecular flexibility index (Phi) is 8.30. The average molecular weight is 480 g/mol. The van der Waals surface area contributed by atoms with Crippen LogP contribution < -0.4 is 5.32 Å². The molecule has 2 unspecified atom stereocenters. The normalized spacial score (nSPS) is 19.8. The molecule has 0 spiro atoms. The Morgan fingerprint density at radius 1 is 1.16 bits per heavy atom. The van der Waals surface area contributed by atoms with Gasteiger partial charge >= 0.3 is 0 Å². The number of hydrogen-bond donors (Lipinski definition) is 1. The minimum Gasteiger partial charge on any atom is -0.373 e. The molecule has 1 fully saturated rings. The first-order valence-corrected chi connectivity index (χ1v) is 12.4. The first-order chi connectivity index (χ1) is 15.2. The Hall–Kier alpha value is -1.97. The molecule has 2 aromatic rings. The van der Waals surface area contributed by atoms with Gasteiger partial charge in [-0.2, -0.15) is 4.31 Å². The van der Waals surface area contributed by atoms with E-state index in [4.69, 9.17) is 16.3 Å². The van der Waals surface area contributed by atoms with Gasteiger partial charge in [0.25, 0.3) is 5.91 Å². The van der Waals surface area contributed by atoms with E-state index in [-0.39, 0.29) is 46.7 Å². The van der Waals surface area contributed by atoms with Gasteiger partial charge in [-0.3, -0.25) is 4.79 Å². The third kappa shape index (κ3) is 6.30. The number of nitrogens with zero attached hydrogens (tertiary/aromatic N) is 2. The zero-order valence-corrected chi connectivity index (χ0v) is 20.2. The van der Waals surface area contributed by atoms with Crippen LogP contribution in [0.2, 0.25) is 5.02 Å². The van der Waals surface area contributed by atoms with Crippen molar-refractivity contribution in [2.75, 3.05) is 33.2 Å². The number of morpholine rings is 1. The third-order valence-corrected chi connectivity index (χ3v) is 7.58. The first kappa shape index (κ1) is 24.7. The summed E-state index contributed by atoms with van der Waals surface area (Å²) < 4.78 is 33.4. The van der Waals surface area contributed by atoms with Gasteiger partial charge < -0.3 is 15.0 Å². The Balaban J connectivity index is 1.63. The number of rotatable bonds is 8. The molecule has 1 N–H and O–H groups in total. The number of likely N-dealkylation sites (N-methyl/N-ethyl adjacent to an activating group) is 1. The van der Waals surface area contributed by atoms with Crippen molar-refractivity contribution in [2.24, 2.45) is 0 Å². The van der Waals surface area contributed by atoms with Crippen molar-refractivity contribution < 1.29 is 17.9 Å². The molecule has 1 heterocycles. The van der Waals surface area contributed by atoms with Gasteiger partial charge in [0.2, 0.25) is 10.0 Å². The highest BCUT2D eigenvalue weighted by atomic mass is 35.5. The molecule has 0 aliphatic carbocycles. The number of hydrogen-bond acceptors (Lipinski definition) is 5. The van der Waals surface area contributed by atoms with Crippen LogP contribution in [-0.4, -0.2) is 69.0 Å². The number of carbonyl (C=O) groups is 1. The fourth-order valence-corrected chi connectivity index (χ4v) is 5.84. The zero-order chi connectivity index (χ0) is 23.3. The van der Waals surface area contributed by atoms with Crippen molar-refractivity contribution in [2.45, 2.75) is 37.5 Å². The van der Waals surface area contributed by atoms with Gasteiger partial charge in [-0.15, -0.1) is 0 Å². The Labute approximate surface area is 195 Å². The fourth-order valence-electron chi connectivity index (χ4n) is 3.74. The summed E-state index contributed by atoms with van der Waals surface area (Å²) in [4.78, 5) is 14.7. The quantitative estimate of drug-likeness (QED) is 0.629. The van der Waals surface area contributed by atoms with E-state index < -0.39 is 10.0 Å². The van der Waals surface area contributed by atoms with E-state index in [1.165, 1.54) is 28.1 Å². The predicted molar refractivity (Wildman–Crippen MR) is 125 cm³/mol. The Bertz CT molecular complexity index is 1020. The lowest BCUT2D eigenvalue weighted by Gasteiger charge is -2.34. The number of nitrogens with one attached hydrogen (secondary N) is 1. The molecule has 0 radical (unpaired) electrons. The van der Waals surface area contributed by atoms with Crippen molar-refractivity contribution in [3.05, 3.63) is 64.7 Å². The van der Waals surface area contributed by atoms with E-state index in [0.29, 0.717) is 13.1 Å². The minimum absolute atomic E-state index is 0.0608. The summed E-state index contributed by atoms with van der Waals surface area (Å²) in [6.07, 6.45) is -0.432. The van der Waals surface area contributed by atoms with Crippen LogP contribution in [0.15, 0.2) is 53.4 Å². The number of ether oxygens (including phenoxy) is 1. The predicted octanol–water partition coefficient (Wildman–Crippen LogP) is 3.00.